The molecule has 1 fully saturated rings. The second kappa shape index (κ2) is 10.4. The number of carbonyl (C=O) groups excluding carboxylic acids is 2. The molecule has 0 spiro atoms. The minimum atomic E-state index is -0.819. The van der Waals surface area contributed by atoms with E-state index in [4.69, 9.17) is 4.74 Å². The molecule has 2 N–H and O–H groups in total. The number of benzene rings is 4. The summed E-state index contributed by atoms with van der Waals surface area (Å²) in [5.41, 5.74) is 3.38. The first-order valence-electron chi connectivity index (χ1n) is 13.4. The highest BCUT2D eigenvalue weighted by Crippen LogP contribution is 2.39. The van der Waals surface area contributed by atoms with Gasteiger partial charge in [-0.1, -0.05) is 91.0 Å². The fourth-order valence-corrected chi connectivity index (χ4v) is 5.32. The Morgan fingerprint density at radius 1 is 0.821 bits per heavy atom. The third-order valence-corrected chi connectivity index (χ3v) is 7.54. The zero-order valence-corrected chi connectivity index (χ0v) is 21.8. The molecule has 0 unspecified atom stereocenters. The van der Waals surface area contributed by atoms with Crippen molar-refractivity contribution < 1.29 is 14.3 Å². The van der Waals surface area contributed by atoms with Crippen molar-refractivity contribution in [2.45, 2.75) is 30.5 Å². The summed E-state index contributed by atoms with van der Waals surface area (Å²) >= 11 is 0. The van der Waals surface area contributed by atoms with Crippen LogP contribution >= 0.6 is 0 Å². The van der Waals surface area contributed by atoms with Crippen molar-refractivity contribution in [2.24, 2.45) is 0 Å². The van der Waals surface area contributed by atoms with Crippen LogP contribution in [0.15, 0.2) is 109 Å². The average Bonchev–Trinajstić information content (AvgIpc) is 3.82. The van der Waals surface area contributed by atoms with E-state index in [1.165, 1.54) is 0 Å². The molecule has 2 amide bonds. The van der Waals surface area contributed by atoms with Crippen LogP contribution in [-0.2, 0) is 10.3 Å². The number of rotatable bonds is 7. The fraction of sp³-hybridized carbons (Fsp3) is 0.212. The van der Waals surface area contributed by atoms with Gasteiger partial charge in [-0.3, -0.25) is 14.9 Å². The molecule has 1 aliphatic heterocycles. The first-order chi connectivity index (χ1) is 19.1. The molecule has 2 aliphatic rings. The topological polar surface area (TPSA) is 70.7 Å². The first-order valence-corrected chi connectivity index (χ1v) is 13.4. The van der Waals surface area contributed by atoms with Crippen molar-refractivity contribution in [2.75, 3.05) is 18.6 Å². The van der Waals surface area contributed by atoms with E-state index >= 15 is 0 Å². The van der Waals surface area contributed by atoms with Gasteiger partial charge in [0.2, 0.25) is 5.91 Å². The van der Waals surface area contributed by atoms with Crippen LogP contribution < -0.4 is 20.3 Å². The summed E-state index contributed by atoms with van der Waals surface area (Å²) in [4.78, 5) is 28.3. The Morgan fingerprint density at radius 2 is 1.36 bits per heavy atom. The third-order valence-electron chi connectivity index (χ3n) is 7.54. The minimum Gasteiger partial charge on any atom is -0.489 e. The molecule has 1 saturated carbocycles. The summed E-state index contributed by atoms with van der Waals surface area (Å²) in [7, 11) is 1.75. The van der Waals surface area contributed by atoms with Crippen LogP contribution in [0.2, 0.25) is 0 Å². The SMILES string of the molecule is CN1C(=O)[C@@H](NC(c2ccccc2)(c2ccccc2)c2ccccc2)COc2cc(C(=O)NC3CC3)ccc21. The number of likely N-dealkylation sites (N-methyl/N-ethyl adjacent to an activating group) is 1. The van der Waals surface area contributed by atoms with Crippen LogP contribution in [0.1, 0.15) is 39.9 Å². The number of carbonyl (C=O) groups is 2. The van der Waals surface area contributed by atoms with Gasteiger partial charge in [0.1, 0.15) is 18.4 Å². The van der Waals surface area contributed by atoms with Gasteiger partial charge in [-0.2, -0.15) is 0 Å². The van der Waals surface area contributed by atoms with E-state index in [-0.39, 0.29) is 24.5 Å². The molecule has 1 aliphatic carbocycles. The molecule has 6 rings (SSSR count). The zero-order chi connectivity index (χ0) is 26.8. The van der Waals surface area contributed by atoms with E-state index < -0.39 is 11.6 Å². The standard InChI is InChI=1S/C33H31N3O3/c1-36-29-20-17-23(31(37)34-27-18-19-27)21-30(29)39-22-28(32(36)38)35-33(24-11-5-2-6-12-24,25-13-7-3-8-14-25)26-15-9-4-10-16-26/h2-17,20-21,27-28,35H,18-19,22H2,1H3,(H,34,37)/t28-/m0/s1. The van der Waals surface area contributed by atoms with Gasteiger partial charge >= 0.3 is 0 Å². The molecule has 1 heterocycles. The Hall–Kier alpha value is -4.42. The highest BCUT2D eigenvalue weighted by atomic mass is 16.5. The van der Waals surface area contributed by atoms with Crippen LogP contribution in [0.3, 0.4) is 0 Å². The molecule has 4 aromatic carbocycles. The second-order valence-electron chi connectivity index (χ2n) is 10.2. The normalized spacial score (nSPS) is 17.1. The van der Waals surface area contributed by atoms with E-state index in [2.05, 4.69) is 47.0 Å². The summed E-state index contributed by atoms with van der Waals surface area (Å²) in [5, 5.41) is 6.77. The Bertz CT molecular complexity index is 1370. The molecule has 6 nitrogen and oxygen atoms in total. The lowest BCUT2D eigenvalue weighted by atomic mass is 9.76. The number of ether oxygens (including phenoxy) is 1. The van der Waals surface area contributed by atoms with Crippen LogP contribution in [0.25, 0.3) is 0 Å². The van der Waals surface area contributed by atoms with Gasteiger partial charge < -0.3 is 15.0 Å². The van der Waals surface area contributed by atoms with Gasteiger partial charge in [0, 0.05) is 18.7 Å². The molecule has 196 valence electrons. The highest BCUT2D eigenvalue weighted by Gasteiger charge is 2.42. The van der Waals surface area contributed by atoms with E-state index in [0.717, 1.165) is 29.5 Å². The molecular formula is C33H31N3O3. The average molecular weight is 518 g/mol. The molecular weight excluding hydrogens is 486 g/mol. The summed E-state index contributed by atoms with van der Waals surface area (Å²) in [5.74, 6) is 0.285. The molecule has 1 atom stereocenters. The van der Waals surface area contributed by atoms with E-state index in [0.29, 0.717) is 17.0 Å². The Balaban J connectivity index is 1.40. The summed E-state index contributed by atoms with van der Waals surface area (Å²) < 4.78 is 6.26. The van der Waals surface area contributed by atoms with E-state index in [9.17, 15) is 9.59 Å². The van der Waals surface area contributed by atoms with Crippen molar-refractivity contribution in [1.29, 1.82) is 0 Å². The maximum atomic E-state index is 14.0. The van der Waals surface area contributed by atoms with Crippen molar-refractivity contribution in [3.05, 3.63) is 131 Å². The second-order valence-corrected chi connectivity index (χ2v) is 10.2. The number of fused-ring (bicyclic) bond motifs is 1. The third kappa shape index (κ3) is 4.79. The predicted octanol–water partition coefficient (Wildman–Crippen LogP) is 4.88. The molecule has 0 radical (unpaired) electrons. The lowest BCUT2D eigenvalue weighted by Crippen LogP contribution is -2.56. The van der Waals surface area contributed by atoms with Gasteiger partial charge in [0.25, 0.3) is 5.91 Å². The first kappa shape index (κ1) is 24.9. The van der Waals surface area contributed by atoms with Crippen LogP contribution in [0, 0.1) is 0 Å². The molecule has 6 heteroatoms. The van der Waals surface area contributed by atoms with Gasteiger partial charge in [-0.05, 0) is 47.7 Å². The molecule has 4 aromatic rings. The molecule has 0 aromatic heterocycles. The zero-order valence-electron chi connectivity index (χ0n) is 21.8. The summed E-state index contributed by atoms with van der Waals surface area (Å²) in [6.45, 7) is 0.109. The fourth-order valence-electron chi connectivity index (χ4n) is 5.32. The maximum Gasteiger partial charge on any atom is 0.251 e. The number of nitrogens with one attached hydrogen (secondary N) is 2. The number of amides is 2. The Labute approximate surface area is 228 Å². The number of hydrogen-bond acceptors (Lipinski definition) is 4. The van der Waals surface area contributed by atoms with Crippen LogP contribution in [0.5, 0.6) is 5.75 Å². The summed E-state index contributed by atoms with van der Waals surface area (Å²) in [6, 6.07) is 35.4. The maximum absolute atomic E-state index is 14.0. The number of nitrogens with zero attached hydrogens (tertiary/aromatic N) is 1. The quantitative estimate of drug-likeness (QED) is 0.343. The predicted molar refractivity (Wildman–Crippen MR) is 152 cm³/mol. The van der Waals surface area contributed by atoms with Gasteiger partial charge in [-0.25, -0.2) is 0 Å². The van der Waals surface area contributed by atoms with E-state index in [1.54, 1.807) is 30.1 Å². The number of hydrogen-bond donors (Lipinski definition) is 2. The van der Waals surface area contributed by atoms with Crippen molar-refractivity contribution in [3.8, 4) is 5.75 Å². The minimum absolute atomic E-state index is 0.109. The summed E-state index contributed by atoms with van der Waals surface area (Å²) in [6.07, 6.45) is 2.04. The highest BCUT2D eigenvalue weighted by molar-refractivity contribution is 6.01. The monoisotopic (exact) mass is 517 g/mol. The Morgan fingerprint density at radius 3 is 1.87 bits per heavy atom. The van der Waals surface area contributed by atoms with Crippen molar-refractivity contribution in [1.82, 2.24) is 10.6 Å². The molecule has 0 saturated heterocycles. The van der Waals surface area contributed by atoms with Gasteiger partial charge in [0.15, 0.2) is 0 Å². The Kier molecular flexibility index (Phi) is 6.63. The van der Waals surface area contributed by atoms with Gasteiger partial charge in [0.05, 0.1) is 11.2 Å². The van der Waals surface area contributed by atoms with E-state index in [1.807, 2.05) is 54.6 Å². The lowest BCUT2D eigenvalue weighted by molar-refractivity contribution is -0.121. The molecule has 0 bridgehead atoms. The van der Waals surface area contributed by atoms with Crippen LogP contribution in [0.4, 0.5) is 5.69 Å². The van der Waals surface area contributed by atoms with Crippen molar-refractivity contribution >= 4 is 17.5 Å². The largest absolute Gasteiger partial charge is 0.489 e. The molecule has 39 heavy (non-hydrogen) atoms. The van der Waals surface area contributed by atoms with Crippen molar-refractivity contribution in [3.63, 3.8) is 0 Å². The lowest BCUT2D eigenvalue weighted by Gasteiger charge is -2.39. The van der Waals surface area contributed by atoms with Crippen LogP contribution in [-0.4, -0.2) is 37.6 Å². The van der Waals surface area contributed by atoms with Gasteiger partial charge in [-0.15, -0.1) is 0 Å². The number of anilines is 1. The smallest absolute Gasteiger partial charge is 0.251 e.